The summed E-state index contributed by atoms with van der Waals surface area (Å²) in [6, 6.07) is 9.31. The van der Waals surface area contributed by atoms with Crippen molar-refractivity contribution in [2.75, 3.05) is 0 Å². The molecule has 10 nitrogen and oxygen atoms in total. The summed E-state index contributed by atoms with van der Waals surface area (Å²) >= 11 is 0. The number of nitrogens with one attached hydrogen (secondary N) is 3. The molecule has 0 aliphatic heterocycles. The van der Waals surface area contributed by atoms with Crippen LogP contribution in [0.5, 0.6) is 0 Å². The number of primary amides is 2. The number of hydrogen-bond acceptors (Lipinski definition) is 5. The standard InChI is InChI=1S/C24H27FN6O4/c25-15-7-5-13(6-8-15)9-19(22(28)33)30-24(35)20(31-23(34)17(26)11-21(27)32)10-14-12-29-18-4-2-1-3-16(14)18/h1-8,12,17,19-20,29H,9-11,26H2,(H2,27,32)(H2,28,33)(H,30,35)(H,31,34)/t17-,19-,20+/m0/s1. The lowest BCUT2D eigenvalue weighted by molar-refractivity contribution is -0.132. The van der Waals surface area contributed by atoms with E-state index >= 15 is 0 Å². The predicted molar refractivity (Wildman–Crippen MR) is 127 cm³/mol. The van der Waals surface area contributed by atoms with Crippen molar-refractivity contribution in [2.45, 2.75) is 37.4 Å². The van der Waals surface area contributed by atoms with Gasteiger partial charge in [0.1, 0.15) is 17.9 Å². The zero-order valence-corrected chi connectivity index (χ0v) is 18.8. The van der Waals surface area contributed by atoms with E-state index in [4.69, 9.17) is 17.2 Å². The van der Waals surface area contributed by atoms with E-state index in [0.29, 0.717) is 5.56 Å². The van der Waals surface area contributed by atoms with Gasteiger partial charge in [0.25, 0.3) is 0 Å². The van der Waals surface area contributed by atoms with E-state index in [9.17, 15) is 23.6 Å². The summed E-state index contributed by atoms with van der Waals surface area (Å²) in [4.78, 5) is 52.1. The third-order valence-electron chi connectivity index (χ3n) is 5.50. The number of hydrogen-bond donors (Lipinski definition) is 6. The first-order chi connectivity index (χ1) is 16.6. The molecule has 3 aromatic rings. The van der Waals surface area contributed by atoms with Crippen molar-refractivity contribution >= 4 is 34.5 Å². The second kappa shape index (κ2) is 11.3. The van der Waals surface area contributed by atoms with E-state index in [1.165, 1.54) is 24.3 Å². The Hall–Kier alpha value is -4.25. The molecule has 0 bridgehead atoms. The fourth-order valence-corrected chi connectivity index (χ4v) is 3.67. The Morgan fingerprint density at radius 3 is 2.20 bits per heavy atom. The van der Waals surface area contributed by atoms with Crippen LogP contribution in [0.2, 0.25) is 0 Å². The number of benzene rings is 2. The maximum Gasteiger partial charge on any atom is 0.243 e. The van der Waals surface area contributed by atoms with Crippen LogP contribution in [0, 0.1) is 5.82 Å². The lowest BCUT2D eigenvalue weighted by atomic mass is 10.0. The van der Waals surface area contributed by atoms with Crippen molar-refractivity contribution in [3.05, 3.63) is 71.7 Å². The molecular weight excluding hydrogens is 455 g/mol. The monoisotopic (exact) mass is 482 g/mol. The molecule has 0 radical (unpaired) electrons. The van der Waals surface area contributed by atoms with E-state index in [-0.39, 0.29) is 12.8 Å². The molecule has 0 fully saturated rings. The number of H-pyrrole nitrogens is 1. The molecule has 0 aliphatic carbocycles. The van der Waals surface area contributed by atoms with Crippen LogP contribution in [0.4, 0.5) is 4.39 Å². The number of rotatable bonds is 11. The average Bonchev–Trinajstić information content (AvgIpc) is 3.21. The van der Waals surface area contributed by atoms with Gasteiger partial charge in [-0.25, -0.2) is 4.39 Å². The van der Waals surface area contributed by atoms with Crippen molar-refractivity contribution in [3.63, 3.8) is 0 Å². The average molecular weight is 483 g/mol. The second-order valence-electron chi connectivity index (χ2n) is 8.20. The van der Waals surface area contributed by atoms with Gasteiger partial charge < -0.3 is 32.8 Å². The molecule has 184 valence electrons. The minimum atomic E-state index is -1.25. The zero-order chi connectivity index (χ0) is 25.5. The van der Waals surface area contributed by atoms with Crippen LogP contribution in [-0.4, -0.2) is 46.7 Å². The van der Waals surface area contributed by atoms with Crippen molar-refractivity contribution in [3.8, 4) is 0 Å². The van der Waals surface area contributed by atoms with Gasteiger partial charge in [-0.15, -0.1) is 0 Å². The molecule has 0 spiro atoms. The Kier molecular flexibility index (Phi) is 8.16. The molecule has 0 saturated heterocycles. The summed E-state index contributed by atoms with van der Waals surface area (Å²) < 4.78 is 13.2. The van der Waals surface area contributed by atoms with Gasteiger partial charge in [-0.2, -0.15) is 0 Å². The quantitative estimate of drug-likeness (QED) is 0.220. The van der Waals surface area contributed by atoms with Crippen LogP contribution >= 0.6 is 0 Å². The van der Waals surface area contributed by atoms with E-state index in [1.54, 1.807) is 6.20 Å². The van der Waals surface area contributed by atoms with Crippen LogP contribution in [0.25, 0.3) is 10.9 Å². The number of aromatic amines is 1. The Balaban J connectivity index is 1.81. The van der Waals surface area contributed by atoms with Crippen LogP contribution < -0.4 is 27.8 Å². The van der Waals surface area contributed by atoms with Crippen molar-refractivity contribution < 1.29 is 23.6 Å². The largest absolute Gasteiger partial charge is 0.370 e. The molecule has 11 heteroatoms. The highest BCUT2D eigenvalue weighted by molar-refractivity contribution is 5.94. The first kappa shape index (κ1) is 25.4. The predicted octanol–water partition coefficient (Wildman–Crippen LogP) is -0.250. The normalized spacial score (nSPS) is 13.5. The van der Waals surface area contributed by atoms with Crippen molar-refractivity contribution in [1.29, 1.82) is 0 Å². The molecule has 1 aromatic heterocycles. The van der Waals surface area contributed by atoms with Gasteiger partial charge in [-0.1, -0.05) is 30.3 Å². The van der Waals surface area contributed by atoms with Crippen LogP contribution in [0.3, 0.4) is 0 Å². The zero-order valence-electron chi connectivity index (χ0n) is 18.8. The summed E-state index contributed by atoms with van der Waals surface area (Å²) in [6.45, 7) is 0. The number of nitrogens with two attached hydrogens (primary N) is 3. The minimum absolute atomic E-state index is 0.0241. The highest BCUT2D eigenvalue weighted by Crippen LogP contribution is 2.19. The van der Waals surface area contributed by atoms with Gasteiger partial charge in [0.2, 0.25) is 23.6 Å². The molecule has 0 unspecified atom stereocenters. The fourth-order valence-electron chi connectivity index (χ4n) is 3.67. The number of halogens is 1. The number of carbonyl (C=O) groups excluding carboxylic acids is 4. The van der Waals surface area contributed by atoms with Gasteiger partial charge in [0.05, 0.1) is 12.5 Å². The number of carbonyl (C=O) groups is 4. The van der Waals surface area contributed by atoms with Crippen molar-refractivity contribution in [1.82, 2.24) is 15.6 Å². The highest BCUT2D eigenvalue weighted by atomic mass is 19.1. The van der Waals surface area contributed by atoms with Crippen LogP contribution in [0.15, 0.2) is 54.7 Å². The van der Waals surface area contributed by atoms with E-state index in [0.717, 1.165) is 16.5 Å². The topological polar surface area (TPSA) is 186 Å². The molecule has 3 rings (SSSR count). The molecule has 9 N–H and O–H groups in total. The summed E-state index contributed by atoms with van der Waals surface area (Å²) in [5.41, 5.74) is 18.5. The maximum atomic E-state index is 13.2. The highest BCUT2D eigenvalue weighted by Gasteiger charge is 2.29. The summed E-state index contributed by atoms with van der Waals surface area (Å²) in [7, 11) is 0. The molecule has 1 heterocycles. The molecule has 4 amide bonds. The van der Waals surface area contributed by atoms with Gasteiger partial charge in [-0.05, 0) is 29.3 Å². The fraction of sp³-hybridized carbons (Fsp3) is 0.250. The number of para-hydroxylation sites is 1. The summed E-state index contributed by atoms with van der Waals surface area (Å²) in [5.74, 6) is -3.44. The van der Waals surface area contributed by atoms with Crippen molar-refractivity contribution in [2.24, 2.45) is 17.2 Å². The molecule has 35 heavy (non-hydrogen) atoms. The lowest BCUT2D eigenvalue weighted by Crippen LogP contribution is -2.56. The molecule has 3 atom stereocenters. The minimum Gasteiger partial charge on any atom is -0.370 e. The Bertz CT molecular complexity index is 1230. The van der Waals surface area contributed by atoms with Crippen LogP contribution in [-0.2, 0) is 32.0 Å². The Morgan fingerprint density at radius 1 is 0.886 bits per heavy atom. The van der Waals surface area contributed by atoms with Crippen LogP contribution in [0.1, 0.15) is 17.5 Å². The summed E-state index contributed by atoms with van der Waals surface area (Å²) in [5, 5.41) is 5.95. The second-order valence-corrected chi connectivity index (χ2v) is 8.20. The third kappa shape index (κ3) is 6.87. The SMILES string of the molecule is NC(=O)C[C@H](N)C(=O)N[C@H](Cc1c[nH]c2ccccc12)C(=O)N[C@@H](Cc1ccc(F)cc1)C(N)=O. The molecule has 0 aliphatic rings. The number of fused-ring (bicyclic) bond motifs is 1. The lowest BCUT2D eigenvalue weighted by Gasteiger charge is -2.23. The maximum absolute atomic E-state index is 13.2. The van der Waals surface area contributed by atoms with Gasteiger partial charge in [-0.3, -0.25) is 19.2 Å². The first-order valence-corrected chi connectivity index (χ1v) is 10.9. The van der Waals surface area contributed by atoms with E-state index < -0.39 is 54.0 Å². The molecule has 2 aromatic carbocycles. The number of amides is 4. The van der Waals surface area contributed by atoms with Gasteiger partial charge in [0, 0.05) is 29.9 Å². The first-order valence-electron chi connectivity index (χ1n) is 10.9. The third-order valence-corrected chi connectivity index (χ3v) is 5.50. The van der Waals surface area contributed by atoms with E-state index in [1.807, 2.05) is 24.3 Å². The Labute approximate surface area is 200 Å². The van der Waals surface area contributed by atoms with E-state index in [2.05, 4.69) is 15.6 Å². The Morgan fingerprint density at radius 2 is 1.54 bits per heavy atom. The smallest absolute Gasteiger partial charge is 0.243 e. The summed E-state index contributed by atoms with van der Waals surface area (Å²) in [6.07, 6.45) is 1.40. The number of aromatic nitrogens is 1. The van der Waals surface area contributed by atoms with Gasteiger partial charge >= 0.3 is 0 Å². The van der Waals surface area contributed by atoms with Gasteiger partial charge in [0.15, 0.2) is 0 Å². The molecular formula is C24H27FN6O4. The molecule has 0 saturated carbocycles.